The molecule has 3 rings (SSSR count). The van der Waals surface area contributed by atoms with Crippen molar-refractivity contribution < 1.29 is 0 Å². The number of hydrogen-bond donors (Lipinski definition) is 2. The third-order valence-corrected chi connectivity index (χ3v) is 3.84. The largest absolute Gasteiger partial charge is 0.399 e. The second kappa shape index (κ2) is 4.44. The first-order valence-corrected chi connectivity index (χ1v) is 6.76. The summed E-state index contributed by atoms with van der Waals surface area (Å²) in [6, 6.07) is 7.78. The van der Waals surface area contributed by atoms with Crippen LogP contribution < -0.4 is 11.1 Å². The lowest BCUT2D eigenvalue weighted by Crippen LogP contribution is -2.07. The Kier molecular flexibility index (Phi) is 2.92. The molecule has 18 heavy (non-hydrogen) atoms. The number of nitrogens with two attached hydrogens (primary N) is 1. The molecule has 0 fully saturated rings. The van der Waals surface area contributed by atoms with Gasteiger partial charge in [-0.15, -0.1) is 0 Å². The second-order valence-electron chi connectivity index (χ2n) is 4.34. The zero-order valence-corrected chi connectivity index (χ0v) is 11.8. The molecule has 0 spiro atoms. The molecule has 0 amide bonds. The quantitative estimate of drug-likeness (QED) is 0.785. The summed E-state index contributed by atoms with van der Waals surface area (Å²) in [5, 5.41) is 4.10. The van der Waals surface area contributed by atoms with Crippen molar-refractivity contribution in [1.82, 2.24) is 4.98 Å². The van der Waals surface area contributed by atoms with Crippen LogP contribution in [0.2, 0.25) is 5.02 Å². The number of nitrogen functional groups attached to an aromatic ring is 1. The van der Waals surface area contributed by atoms with E-state index in [1.54, 1.807) is 6.20 Å². The van der Waals surface area contributed by atoms with Crippen molar-refractivity contribution in [2.75, 3.05) is 11.1 Å². The summed E-state index contributed by atoms with van der Waals surface area (Å²) < 4.78 is 0.988. The molecule has 1 aliphatic rings. The van der Waals surface area contributed by atoms with Gasteiger partial charge in [-0.05, 0) is 51.3 Å². The third kappa shape index (κ3) is 2.06. The van der Waals surface area contributed by atoms with Gasteiger partial charge in [0.25, 0.3) is 0 Å². The molecule has 2 aromatic rings. The zero-order valence-electron chi connectivity index (χ0n) is 9.45. The topological polar surface area (TPSA) is 50.9 Å². The fraction of sp³-hybridized carbons (Fsp3) is 0.154. The minimum absolute atomic E-state index is 0.137. The maximum Gasteiger partial charge on any atom is 0.129 e. The standard InChI is InChI=1S/C13H11BrClN3/c14-8-3-7-4-12(18-13(7)17-6-8)10-5-9(16)1-2-11(10)15/h1-3,5-6,12H,4,16H2,(H,17,18). The Morgan fingerprint density at radius 3 is 3.06 bits per heavy atom. The van der Waals surface area contributed by atoms with E-state index in [2.05, 4.69) is 32.3 Å². The van der Waals surface area contributed by atoms with Crippen LogP contribution in [0.3, 0.4) is 0 Å². The molecule has 0 bridgehead atoms. The molecule has 1 aromatic carbocycles. The van der Waals surface area contributed by atoms with Crippen molar-refractivity contribution in [3.63, 3.8) is 0 Å². The Balaban J connectivity index is 1.96. The lowest BCUT2D eigenvalue weighted by Gasteiger charge is -2.13. The Labute approximate surface area is 118 Å². The number of fused-ring (bicyclic) bond motifs is 1. The number of aromatic nitrogens is 1. The van der Waals surface area contributed by atoms with Gasteiger partial charge < -0.3 is 11.1 Å². The predicted molar refractivity (Wildman–Crippen MR) is 77.9 cm³/mol. The molecule has 0 aliphatic carbocycles. The summed E-state index contributed by atoms with van der Waals surface area (Å²) >= 11 is 9.66. The first-order chi connectivity index (χ1) is 8.63. The lowest BCUT2D eigenvalue weighted by molar-refractivity contribution is 0.824. The van der Waals surface area contributed by atoms with Crippen LogP contribution in [0.15, 0.2) is 34.9 Å². The SMILES string of the molecule is Nc1ccc(Cl)c(C2Cc3cc(Br)cnc3N2)c1. The minimum Gasteiger partial charge on any atom is -0.399 e. The van der Waals surface area contributed by atoms with E-state index in [1.165, 1.54) is 5.56 Å². The van der Waals surface area contributed by atoms with Gasteiger partial charge in [-0.25, -0.2) is 4.98 Å². The van der Waals surface area contributed by atoms with Crippen molar-refractivity contribution in [2.24, 2.45) is 0 Å². The Bertz CT molecular complexity index is 615. The zero-order chi connectivity index (χ0) is 12.7. The molecule has 1 aliphatic heterocycles. The lowest BCUT2D eigenvalue weighted by atomic mass is 10.0. The van der Waals surface area contributed by atoms with Gasteiger partial charge in [0.15, 0.2) is 0 Å². The summed E-state index contributed by atoms with van der Waals surface area (Å²) in [7, 11) is 0. The summed E-state index contributed by atoms with van der Waals surface area (Å²) in [5.41, 5.74) is 8.75. The third-order valence-electron chi connectivity index (χ3n) is 3.06. The number of nitrogens with zero attached hydrogens (tertiary/aromatic N) is 1. The van der Waals surface area contributed by atoms with Crippen LogP contribution in [-0.2, 0) is 6.42 Å². The highest BCUT2D eigenvalue weighted by Gasteiger charge is 2.25. The minimum atomic E-state index is 0.137. The molecular weight excluding hydrogens is 314 g/mol. The van der Waals surface area contributed by atoms with E-state index in [4.69, 9.17) is 17.3 Å². The number of rotatable bonds is 1. The van der Waals surface area contributed by atoms with E-state index < -0.39 is 0 Å². The summed E-state index contributed by atoms with van der Waals surface area (Å²) in [5.74, 6) is 0.918. The second-order valence-corrected chi connectivity index (χ2v) is 5.67. The van der Waals surface area contributed by atoms with Crippen molar-refractivity contribution in [2.45, 2.75) is 12.5 Å². The molecule has 0 saturated carbocycles. The predicted octanol–water partition coefficient (Wildman–Crippen LogP) is 3.79. The fourth-order valence-electron chi connectivity index (χ4n) is 2.22. The van der Waals surface area contributed by atoms with Crippen molar-refractivity contribution in [3.05, 3.63) is 51.1 Å². The maximum atomic E-state index is 6.23. The number of nitrogens with one attached hydrogen (secondary N) is 1. The molecule has 1 unspecified atom stereocenters. The molecule has 0 radical (unpaired) electrons. The van der Waals surface area contributed by atoms with Crippen LogP contribution in [0, 0.1) is 0 Å². The number of pyridine rings is 1. The van der Waals surface area contributed by atoms with Crippen LogP contribution in [0.4, 0.5) is 11.5 Å². The molecule has 1 atom stereocenters. The van der Waals surface area contributed by atoms with Gasteiger partial charge in [0.05, 0.1) is 6.04 Å². The number of anilines is 2. The average Bonchev–Trinajstić information content (AvgIpc) is 2.74. The van der Waals surface area contributed by atoms with E-state index in [0.29, 0.717) is 0 Å². The van der Waals surface area contributed by atoms with Crippen molar-refractivity contribution in [3.8, 4) is 0 Å². The molecule has 1 aromatic heterocycles. The van der Waals surface area contributed by atoms with Crippen LogP contribution >= 0.6 is 27.5 Å². The Hall–Kier alpha value is -1.26. The smallest absolute Gasteiger partial charge is 0.129 e. The molecule has 0 saturated heterocycles. The number of hydrogen-bond acceptors (Lipinski definition) is 3. The Morgan fingerprint density at radius 2 is 2.22 bits per heavy atom. The van der Waals surface area contributed by atoms with Gasteiger partial charge in [0.2, 0.25) is 0 Å². The van der Waals surface area contributed by atoms with E-state index in [0.717, 1.165) is 33.0 Å². The van der Waals surface area contributed by atoms with Crippen LogP contribution in [0.5, 0.6) is 0 Å². The molecule has 3 N–H and O–H groups in total. The molecule has 3 nitrogen and oxygen atoms in total. The summed E-state index contributed by atoms with van der Waals surface area (Å²) in [4.78, 5) is 4.35. The van der Waals surface area contributed by atoms with Gasteiger partial charge in [0, 0.05) is 27.8 Å². The fourth-order valence-corrected chi connectivity index (χ4v) is 2.85. The number of benzene rings is 1. The van der Waals surface area contributed by atoms with Gasteiger partial charge in [0.1, 0.15) is 5.82 Å². The summed E-state index contributed by atoms with van der Waals surface area (Å²) in [6.45, 7) is 0. The first kappa shape index (κ1) is 11.8. The Morgan fingerprint density at radius 1 is 1.39 bits per heavy atom. The van der Waals surface area contributed by atoms with Crippen LogP contribution in [0.25, 0.3) is 0 Å². The average molecular weight is 325 g/mol. The normalized spacial score (nSPS) is 17.3. The summed E-state index contributed by atoms with van der Waals surface area (Å²) in [6.07, 6.45) is 2.65. The van der Waals surface area contributed by atoms with Gasteiger partial charge >= 0.3 is 0 Å². The van der Waals surface area contributed by atoms with Crippen LogP contribution in [-0.4, -0.2) is 4.98 Å². The van der Waals surface area contributed by atoms with E-state index in [-0.39, 0.29) is 6.04 Å². The molecule has 92 valence electrons. The van der Waals surface area contributed by atoms with Crippen LogP contribution in [0.1, 0.15) is 17.2 Å². The molecule has 2 heterocycles. The van der Waals surface area contributed by atoms with Crippen molar-refractivity contribution >= 4 is 39.0 Å². The first-order valence-electron chi connectivity index (χ1n) is 5.59. The highest BCUT2D eigenvalue weighted by molar-refractivity contribution is 9.10. The van der Waals surface area contributed by atoms with E-state index in [1.807, 2.05) is 18.2 Å². The van der Waals surface area contributed by atoms with Gasteiger partial charge in [-0.3, -0.25) is 0 Å². The molecular formula is C13H11BrClN3. The highest BCUT2D eigenvalue weighted by Crippen LogP contribution is 2.37. The van der Waals surface area contributed by atoms with Crippen molar-refractivity contribution in [1.29, 1.82) is 0 Å². The number of halogens is 2. The van der Waals surface area contributed by atoms with E-state index in [9.17, 15) is 0 Å². The molecule has 5 heteroatoms. The van der Waals surface area contributed by atoms with Gasteiger partial charge in [-0.1, -0.05) is 11.6 Å². The van der Waals surface area contributed by atoms with Gasteiger partial charge in [-0.2, -0.15) is 0 Å². The van der Waals surface area contributed by atoms with E-state index >= 15 is 0 Å². The monoisotopic (exact) mass is 323 g/mol. The highest BCUT2D eigenvalue weighted by atomic mass is 79.9. The maximum absolute atomic E-state index is 6.23.